The van der Waals surface area contributed by atoms with Gasteiger partial charge in [-0.15, -0.1) is 0 Å². The van der Waals surface area contributed by atoms with Gasteiger partial charge >= 0.3 is 5.97 Å². The van der Waals surface area contributed by atoms with Gasteiger partial charge in [0, 0.05) is 12.3 Å². The SMILES string of the molecule is Cc1ccc(C#N)cc1-n1cc(C(=O)O)ccc1=O. The van der Waals surface area contributed by atoms with Crippen LogP contribution in [0.2, 0.25) is 0 Å². The monoisotopic (exact) mass is 254 g/mol. The van der Waals surface area contributed by atoms with Gasteiger partial charge in [0.15, 0.2) is 0 Å². The Bertz CT molecular complexity index is 754. The van der Waals surface area contributed by atoms with Gasteiger partial charge < -0.3 is 5.11 Å². The van der Waals surface area contributed by atoms with Crippen LogP contribution in [0, 0.1) is 18.3 Å². The third kappa shape index (κ3) is 2.38. The number of carboxylic acid groups (broad SMARTS) is 1. The van der Waals surface area contributed by atoms with Crippen molar-refractivity contribution in [2.45, 2.75) is 6.92 Å². The van der Waals surface area contributed by atoms with Gasteiger partial charge in [-0.3, -0.25) is 9.36 Å². The maximum absolute atomic E-state index is 11.8. The zero-order valence-electron chi connectivity index (χ0n) is 10.1. The van der Waals surface area contributed by atoms with E-state index in [1.165, 1.54) is 22.9 Å². The highest BCUT2D eigenvalue weighted by Crippen LogP contribution is 2.14. The number of carbonyl (C=O) groups is 1. The van der Waals surface area contributed by atoms with Crippen molar-refractivity contribution in [1.29, 1.82) is 5.26 Å². The molecule has 0 radical (unpaired) electrons. The molecule has 19 heavy (non-hydrogen) atoms. The normalized spacial score (nSPS) is 9.89. The summed E-state index contributed by atoms with van der Waals surface area (Å²) in [6.07, 6.45) is 1.26. The van der Waals surface area contributed by atoms with Gasteiger partial charge in [0.1, 0.15) is 0 Å². The summed E-state index contributed by atoms with van der Waals surface area (Å²) in [6, 6.07) is 9.36. The van der Waals surface area contributed by atoms with E-state index in [0.29, 0.717) is 11.3 Å². The molecular weight excluding hydrogens is 244 g/mol. The molecule has 0 bridgehead atoms. The van der Waals surface area contributed by atoms with Crippen molar-refractivity contribution < 1.29 is 9.90 Å². The van der Waals surface area contributed by atoms with E-state index in [1.54, 1.807) is 25.1 Å². The largest absolute Gasteiger partial charge is 0.478 e. The predicted octanol–water partition coefficient (Wildman–Crippen LogP) is 1.72. The van der Waals surface area contributed by atoms with Crippen molar-refractivity contribution in [3.63, 3.8) is 0 Å². The topological polar surface area (TPSA) is 83.1 Å². The fourth-order valence-corrected chi connectivity index (χ4v) is 1.74. The van der Waals surface area contributed by atoms with Crippen molar-refractivity contribution in [2.75, 3.05) is 0 Å². The molecule has 0 amide bonds. The Morgan fingerprint density at radius 3 is 2.68 bits per heavy atom. The molecule has 0 aliphatic rings. The fourth-order valence-electron chi connectivity index (χ4n) is 1.74. The number of aromatic nitrogens is 1. The molecule has 1 aromatic carbocycles. The molecule has 0 atom stereocenters. The average molecular weight is 254 g/mol. The lowest BCUT2D eigenvalue weighted by Gasteiger charge is -2.10. The Labute approximate surface area is 109 Å². The average Bonchev–Trinajstić information content (AvgIpc) is 2.40. The van der Waals surface area contributed by atoms with Crippen LogP contribution in [0.3, 0.4) is 0 Å². The fraction of sp³-hybridized carbons (Fsp3) is 0.0714. The number of benzene rings is 1. The van der Waals surface area contributed by atoms with Crippen LogP contribution in [0.25, 0.3) is 5.69 Å². The molecule has 1 N–H and O–H groups in total. The summed E-state index contributed by atoms with van der Waals surface area (Å²) in [5, 5.41) is 17.8. The zero-order chi connectivity index (χ0) is 14.0. The number of carboxylic acids is 1. The Morgan fingerprint density at radius 1 is 1.32 bits per heavy atom. The minimum absolute atomic E-state index is 0.0151. The number of rotatable bonds is 2. The zero-order valence-corrected chi connectivity index (χ0v) is 10.1. The molecule has 0 fully saturated rings. The van der Waals surface area contributed by atoms with Crippen molar-refractivity contribution in [3.8, 4) is 11.8 Å². The van der Waals surface area contributed by atoms with Crippen LogP contribution in [-0.2, 0) is 0 Å². The van der Waals surface area contributed by atoms with Crippen LogP contribution in [-0.4, -0.2) is 15.6 Å². The maximum atomic E-state index is 11.8. The van der Waals surface area contributed by atoms with Gasteiger partial charge in [0.05, 0.1) is 22.9 Å². The first-order chi connectivity index (χ1) is 9.02. The second-order valence-electron chi connectivity index (χ2n) is 4.04. The van der Waals surface area contributed by atoms with Crippen molar-refractivity contribution >= 4 is 5.97 Å². The smallest absolute Gasteiger partial charge is 0.337 e. The number of nitriles is 1. The van der Waals surface area contributed by atoms with Gasteiger partial charge in [-0.05, 0) is 30.7 Å². The van der Waals surface area contributed by atoms with Gasteiger partial charge in [-0.25, -0.2) is 4.79 Å². The summed E-state index contributed by atoms with van der Waals surface area (Å²) in [6.45, 7) is 1.79. The Kier molecular flexibility index (Phi) is 3.17. The van der Waals surface area contributed by atoms with E-state index in [2.05, 4.69) is 0 Å². The highest BCUT2D eigenvalue weighted by atomic mass is 16.4. The highest BCUT2D eigenvalue weighted by Gasteiger charge is 2.09. The summed E-state index contributed by atoms with van der Waals surface area (Å²) in [5.74, 6) is -1.11. The van der Waals surface area contributed by atoms with Crippen molar-refractivity contribution in [2.24, 2.45) is 0 Å². The van der Waals surface area contributed by atoms with E-state index >= 15 is 0 Å². The van der Waals surface area contributed by atoms with Crippen LogP contribution in [0.1, 0.15) is 21.5 Å². The van der Waals surface area contributed by atoms with Crippen LogP contribution >= 0.6 is 0 Å². The molecule has 94 valence electrons. The molecule has 2 aromatic rings. The second kappa shape index (κ2) is 4.78. The van der Waals surface area contributed by atoms with Gasteiger partial charge in [-0.1, -0.05) is 6.07 Å². The third-order valence-electron chi connectivity index (χ3n) is 2.76. The molecule has 5 nitrogen and oxygen atoms in total. The molecule has 0 aliphatic carbocycles. The number of hydrogen-bond donors (Lipinski definition) is 1. The summed E-state index contributed by atoms with van der Waals surface area (Å²) in [7, 11) is 0. The molecule has 0 spiro atoms. The minimum atomic E-state index is -1.11. The number of aryl methyl sites for hydroxylation is 1. The van der Waals surface area contributed by atoms with Crippen LogP contribution in [0.15, 0.2) is 41.3 Å². The van der Waals surface area contributed by atoms with Gasteiger partial charge in [-0.2, -0.15) is 5.26 Å². The van der Waals surface area contributed by atoms with E-state index in [9.17, 15) is 9.59 Å². The van der Waals surface area contributed by atoms with Gasteiger partial charge in [0.2, 0.25) is 0 Å². The standard InChI is InChI=1S/C14H10N2O3/c1-9-2-3-10(7-15)6-12(9)16-8-11(14(18)19)4-5-13(16)17/h2-6,8H,1H3,(H,18,19). The van der Waals surface area contributed by atoms with E-state index in [4.69, 9.17) is 10.4 Å². The molecule has 1 heterocycles. The Balaban J connectivity index is 2.71. The lowest BCUT2D eigenvalue weighted by molar-refractivity contribution is 0.0696. The highest BCUT2D eigenvalue weighted by molar-refractivity contribution is 5.87. The van der Waals surface area contributed by atoms with E-state index in [0.717, 1.165) is 5.56 Å². The number of nitrogens with zero attached hydrogens (tertiary/aromatic N) is 2. The van der Waals surface area contributed by atoms with E-state index < -0.39 is 5.97 Å². The molecule has 0 saturated heterocycles. The first kappa shape index (κ1) is 12.6. The van der Waals surface area contributed by atoms with Gasteiger partial charge in [0.25, 0.3) is 5.56 Å². The molecule has 0 aliphatic heterocycles. The Hall–Kier alpha value is -2.87. The van der Waals surface area contributed by atoms with E-state index in [1.807, 2.05) is 6.07 Å². The first-order valence-corrected chi connectivity index (χ1v) is 5.50. The molecule has 2 rings (SSSR count). The molecule has 5 heteroatoms. The van der Waals surface area contributed by atoms with E-state index in [-0.39, 0.29) is 11.1 Å². The number of pyridine rings is 1. The van der Waals surface area contributed by atoms with Crippen molar-refractivity contribution in [1.82, 2.24) is 4.57 Å². The molecule has 0 unspecified atom stereocenters. The maximum Gasteiger partial charge on any atom is 0.337 e. The summed E-state index contributed by atoms with van der Waals surface area (Å²) in [5.41, 5.74) is 1.37. The van der Waals surface area contributed by atoms with Crippen LogP contribution in [0.5, 0.6) is 0 Å². The van der Waals surface area contributed by atoms with Crippen molar-refractivity contribution in [3.05, 3.63) is 63.6 Å². The molecular formula is C14H10N2O3. The van der Waals surface area contributed by atoms with Crippen LogP contribution < -0.4 is 5.56 Å². The summed E-state index contributed by atoms with van der Waals surface area (Å²) < 4.78 is 1.24. The van der Waals surface area contributed by atoms with Crippen LogP contribution in [0.4, 0.5) is 0 Å². The lowest BCUT2D eigenvalue weighted by Crippen LogP contribution is -2.19. The first-order valence-electron chi connectivity index (χ1n) is 5.50. The third-order valence-corrected chi connectivity index (χ3v) is 2.76. The summed E-state index contributed by atoms with van der Waals surface area (Å²) in [4.78, 5) is 22.8. The number of hydrogen-bond acceptors (Lipinski definition) is 3. The minimum Gasteiger partial charge on any atom is -0.478 e. The number of aromatic carboxylic acids is 1. The second-order valence-corrected chi connectivity index (χ2v) is 4.04. The summed E-state index contributed by atoms with van der Waals surface area (Å²) >= 11 is 0. The molecule has 0 saturated carbocycles. The Morgan fingerprint density at radius 2 is 2.05 bits per heavy atom. The lowest BCUT2D eigenvalue weighted by atomic mass is 10.1. The predicted molar refractivity (Wildman–Crippen MR) is 68.5 cm³/mol. The quantitative estimate of drug-likeness (QED) is 0.884. The molecule has 1 aromatic heterocycles.